The Balaban J connectivity index is 2.65. The van der Waals surface area contributed by atoms with Crippen LogP contribution in [0.15, 0.2) is 18.2 Å². The van der Waals surface area contributed by atoms with E-state index in [1.807, 2.05) is 6.07 Å². The zero-order chi connectivity index (χ0) is 12.7. The maximum Gasteiger partial charge on any atom is 0.308 e. The van der Waals surface area contributed by atoms with Crippen molar-refractivity contribution in [3.05, 3.63) is 23.8 Å². The number of rotatable bonds is 5. The van der Waals surface area contributed by atoms with E-state index in [1.165, 1.54) is 14.2 Å². The summed E-state index contributed by atoms with van der Waals surface area (Å²) in [4.78, 5) is 10.9. The molecule has 5 heteroatoms. The molecule has 0 aliphatic rings. The van der Waals surface area contributed by atoms with E-state index in [0.717, 1.165) is 0 Å². The summed E-state index contributed by atoms with van der Waals surface area (Å²) in [6.45, 7) is 0.203. The van der Waals surface area contributed by atoms with Crippen LogP contribution in [-0.2, 0) is 9.53 Å². The molecule has 0 heterocycles. The van der Waals surface area contributed by atoms with E-state index < -0.39 is 0 Å². The third-order valence-electron chi connectivity index (χ3n) is 2.08. The van der Waals surface area contributed by atoms with Crippen molar-refractivity contribution in [3.63, 3.8) is 0 Å². The lowest BCUT2D eigenvalue weighted by atomic mass is 10.2. The number of methoxy groups -OCH3 is 2. The summed E-state index contributed by atoms with van der Waals surface area (Å²) in [7, 11) is 2.81. The molecule has 0 saturated heterocycles. The van der Waals surface area contributed by atoms with Crippen LogP contribution in [-0.4, -0.2) is 26.8 Å². The van der Waals surface area contributed by atoms with Crippen LogP contribution in [0.1, 0.15) is 12.0 Å². The van der Waals surface area contributed by atoms with Crippen molar-refractivity contribution < 1.29 is 19.0 Å². The molecule has 0 aromatic heterocycles. The van der Waals surface area contributed by atoms with Crippen LogP contribution in [0.4, 0.5) is 0 Å². The van der Waals surface area contributed by atoms with Crippen LogP contribution in [0.5, 0.6) is 11.5 Å². The first kappa shape index (κ1) is 12.8. The van der Waals surface area contributed by atoms with Gasteiger partial charge >= 0.3 is 5.97 Å². The van der Waals surface area contributed by atoms with Crippen molar-refractivity contribution in [2.45, 2.75) is 6.42 Å². The molecule has 0 spiro atoms. The second-order valence-electron chi connectivity index (χ2n) is 3.15. The molecule has 0 aliphatic carbocycles. The highest BCUT2D eigenvalue weighted by atomic mass is 16.5. The lowest BCUT2D eigenvalue weighted by Crippen LogP contribution is -2.08. The molecule has 5 nitrogen and oxygen atoms in total. The topological polar surface area (TPSA) is 68.5 Å². The molecule has 90 valence electrons. The molecule has 0 fully saturated rings. The van der Waals surface area contributed by atoms with Crippen molar-refractivity contribution in [1.29, 1.82) is 5.26 Å². The number of nitrogens with zero attached hydrogens (tertiary/aromatic N) is 1. The van der Waals surface area contributed by atoms with Crippen LogP contribution >= 0.6 is 0 Å². The third kappa shape index (κ3) is 3.68. The summed E-state index contributed by atoms with van der Waals surface area (Å²) in [6, 6.07) is 6.83. The van der Waals surface area contributed by atoms with Crippen LogP contribution in [0.3, 0.4) is 0 Å². The van der Waals surface area contributed by atoms with E-state index in [4.69, 9.17) is 14.7 Å². The Morgan fingerprint density at radius 1 is 1.35 bits per heavy atom. The standard InChI is InChI=1S/C12H13NO4/c1-15-11-7-9(8-13)3-4-10(11)17-6-5-12(14)16-2/h3-4,7H,5-6H2,1-2H3. The van der Waals surface area contributed by atoms with E-state index in [0.29, 0.717) is 17.1 Å². The van der Waals surface area contributed by atoms with E-state index in [2.05, 4.69) is 4.74 Å². The van der Waals surface area contributed by atoms with Gasteiger partial charge in [-0.05, 0) is 12.1 Å². The normalized spacial score (nSPS) is 9.24. The number of esters is 1. The average molecular weight is 235 g/mol. The molecule has 0 radical (unpaired) electrons. The van der Waals surface area contributed by atoms with Gasteiger partial charge in [0.1, 0.15) is 0 Å². The zero-order valence-corrected chi connectivity index (χ0v) is 9.73. The number of carbonyl (C=O) groups is 1. The lowest BCUT2D eigenvalue weighted by Gasteiger charge is -2.10. The molecule has 1 aromatic rings. The Kier molecular flexibility index (Phi) is 4.82. The minimum absolute atomic E-state index is 0.166. The van der Waals surface area contributed by atoms with Gasteiger partial charge in [-0.3, -0.25) is 4.79 Å². The zero-order valence-electron chi connectivity index (χ0n) is 9.73. The van der Waals surface area contributed by atoms with Crippen LogP contribution in [0, 0.1) is 11.3 Å². The van der Waals surface area contributed by atoms with Crippen molar-refractivity contribution >= 4 is 5.97 Å². The van der Waals surface area contributed by atoms with E-state index in [9.17, 15) is 4.79 Å². The fraction of sp³-hybridized carbons (Fsp3) is 0.333. The SMILES string of the molecule is COC(=O)CCOc1ccc(C#N)cc1OC. The average Bonchev–Trinajstić information content (AvgIpc) is 2.38. The number of ether oxygens (including phenoxy) is 3. The Morgan fingerprint density at radius 2 is 2.12 bits per heavy atom. The van der Waals surface area contributed by atoms with Gasteiger partial charge in [-0.25, -0.2) is 0 Å². The third-order valence-corrected chi connectivity index (χ3v) is 2.08. The molecule has 1 aromatic carbocycles. The maximum absolute atomic E-state index is 10.9. The largest absolute Gasteiger partial charge is 0.493 e. The number of carbonyl (C=O) groups excluding carboxylic acids is 1. The van der Waals surface area contributed by atoms with E-state index >= 15 is 0 Å². The summed E-state index contributed by atoms with van der Waals surface area (Å²) in [5.74, 6) is 0.627. The van der Waals surface area contributed by atoms with Gasteiger partial charge in [-0.1, -0.05) is 0 Å². The number of hydrogen-bond donors (Lipinski definition) is 0. The molecule has 0 unspecified atom stereocenters. The molecular weight excluding hydrogens is 222 g/mol. The van der Waals surface area contributed by atoms with Crippen molar-refractivity contribution in [2.24, 2.45) is 0 Å². The first-order valence-electron chi connectivity index (χ1n) is 4.99. The summed E-state index contributed by atoms with van der Waals surface area (Å²) >= 11 is 0. The smallest absolute Gasteiger partial charge is 0.308 e. The molecule has 0 N–H and O–H groups in total. The second kappa shape index (κ2) is 6.38. The highest BCUT2D eigenvalue weighted by Gasteiger charge is 2.07. The Bertz CT molecular complexity index is 437. The molecule has 0 atom stereocenters. The van der Waals surface area contributed by atoms with Crippen LogP contribution < -0.4 is 9.47 Å². The quantitative estimate of drug-likeness (QED) is 0.723. The first-order chi connectivity index (χ1) is 8.21. The highest BCUT2D eigenvalue weighted by Crippen LogP contribution is 2.27. The number of benzene rings is 1. The van der Waals surface area contributed by atoms with Gasteiger partial charge < -0.3 is 14.2 Å². The lowest BCUT2D eigenvalue weighted by molar-refractivity contribution is -0.141. The maximum atomic E-state index is 10.9. The number of nitriles is 1. The van der Waals surface area contributed by atoms with Crippen molar-refractivity contribution in [2.75, 3.05) is 20.8 Å². The second-order valence-corrected chi connectivity index (χ2v) is 3.15. The van der Waals surface area contributed by atoms with E-state index in [-0.39, 0.29) is 19.0 Å². The van der Waals surface area contributed by atoms with Crippen LogP contribution in [0.25, 0.3) is 0 Å². The minimum atomic E-state index is -0.336. The van der Waals surface area contributed by atoms with Gasteiger partial charge in [0, 0.05) is 6.07 Å². The van der Waals surface area contributed by atoms with Crippen molar-refractivity contribution in [1.82, 2.24) is 0 Å². The fourth-order valence-electron chi connectivity index (χ4n) is 1.20. The summed E-state index contributed by atoms with van der Waals surface area (Å²) in [6.07, 6.45) is 0.166. The minimum Gasteiger partial charge on any atom is -0.493 e. The predicted molar refractivity (Wildman–Crippen MR) is 59.8 cm³/mol. The van der Waals surface area contributed by atoms with Gasteiger partial charge in [0.05, 0.1) is 38.9 Å². The van der Waals surface area contributed by atoms with Gasteiger partial charge in [-0.2, -0.15) is 5.26 Å². The highest BCUT2D eigenvalue weighted by molar-refractivity contribution is 5.69. The predicted octanol–water partition coefficient (Wildman–Crippen LogP) is 1.51. The summed E-state index contributed by atoms with van der Waals surface area (Å²) in [5.41, 5.74) is 0.488. The Hall–Kier alpha value is -2.22. The summed E-state index contributed by atoms with van der Waals surface area (Å²) < 4.78 is 14.9. The van der Waals surface area contributed by atoms with Gasteiger partial charge in [0.2, 0.25) is 0 Å². The molecule has 0 amide bonds. The van der Waals surface area contributed by atoms with Gasteiger partial charge in [0.25, 0.3) is 0 Å². The van der Waals surface area contributed by atoms with Crippen LogP contribution in [0.2, 0.25) is 0 Å². The molecule has 0 saturated carbocycles. The Morgan fingerprint density at radius 3 is 2.71 bits per heavy atom. The van der Waals surface area contributed by atoms with Gasteiger partial charge in [-0.15, -0.1) is 0 Å². The van der Waals surface area contributed by atoms with E-state index in [1.54, 1.807) is 18.2 Å². The van der Waals surface area contributed by atoms with Gasteiger partial charge in [0.15, 0.2) is 11.5 Å². The first-order valence-corrected chi connectivity index (χ1v) is 4.99. The summed E-state index contributed by atoms with van der Waals surface area (Å²) in [5, 5.41) is 8.72. The number of hydrogen-bond acceptors (Lipinski definition) is 5. The van der Waals surface area contributed by atoms with Crippen molar-refractivity contribution in [3.8, 4) is 17.6 Å². The molecule has 0 aliphatic heterocycles. The monoisotopic (exact) mass is 235 g/mol. The fourth-order valence-corrected chi connectivity index (χ4v) is 1.20. The molecule has 17 heavy (non-hydrogen) atoms. The molecule has 0 bridgehead atoms. The molecular formula is C12H13NO4. The molecule has 1 rings (SSSR count). The Labute approximate surface area is 99.5 Å².